The van der Waals surface area contributed by atoms with Crippen LogP contribution in [-0.2, 0) is 14.3 Å². The van der Waals surface area contributed by atoms with Gasteiger partial charge in [0.2, 0.25) is 0 Å². The van der Waals surface area contributed by atoms with Crippen LogP contribution in [0.4, 0.5) is 10.5 Å². The first-order valence-electron chi connectivity index (χ1n) is 9.69. The van der Waals surface area contributed by atoms with Crippen LogP contribution in [0.15, 0.2) is 48.5 Å². The van der Waals surface area contributed by atoms with Gasteiger partial charge in [-0.25, -0.2) is 4.79 Å². The van der Waals surface area contributed by atoms with Gasteiger partial charge in [-0.05, 0) is 37.0 Å². The van der Waals surface area contributed by atoms with Crippen molar-refractivity contribution in [1.82, 2.24) is 10.6 Å². The molecule has 2 N–H and O–H groups in total. The van der Waals surface area contributed by atoms with Crippen molar-refractivity contribution in [2.75, 3.05) is 11.9 Å². The zero-order chi connectivity index (χ0) is 20.5. The SMILES string of the molecule is CC(OC(=O)NC1CC1)C(=O)N[C@@H]1C(=O)N(C)c2ccccc2-c2ccccc21. The fraction of sp³-hybridized carbons (Fsp3) is 0.318. The van der Waals surface area contributed by atoms with Gasteiger partial charge in [-0.1, -0.05) is 42.5 Å². The monoisotopic (exact) mass is 393 g/mol. The fourth-order valence-electron chi connectivity index (χ4n) is 3.47. The number of nitrogens with zero attached hydrogens (tertiary/aromatic N) is 1. The topological polar surface area (TPSA) is 87.7 Å². The molecule has 150 valence electrons. The van der Waals surface area contributed by atoms with E-state index in [1.54, 1.807) is 11.9 Å². The average Bonchev–Trinajstić information content (AvgIpc) is 3.54. The van der Waals surface area contributed by atoms with Crippen molar-refractivity contribution in [1.29, 1.82) is 0 Å². The molecule has 1 fully saturated rings. The largest absolute Gasteiger partial charge is 0.436 e. The molecule has 1 saturated carbocycles. The summed E-state index contributed by atoms with van der Waals surface area (Å²) in [5.41, 5.74) is 3.28. The van der Waals surface area contributed by atoms with Crippen LogP contribution in [0.25, 0.3) is 11.1 Å². The smallest absolute Gasteiger partial charge is 0.408 e. The molecule has 1 aliphatic carbocycles. The normalized spacial score (nSPS) is 18.8. The van der Waals surface area contributed by atoms with E-state index in [9.17, 15) is 14.4 Å². The second-order valence-corrected chi connectivity index (χ2v) is 7.41. The van der Waals surface area contributed by atoms with E-state index in [0.29, 0.717) is 5.56 Å². The Bertz CT molecular complexity index is 970. The molecule has 2 aromatic rings. The molecule has 2 aliphatic rings. The van der Waals surface area contributed by atoms with Crippen LogP contribution in [0.1, 0.15) is 31.4 Å². The first-order chi connectivity index (χ1) is 14.0. The van der Waals surface area contributed by atoms with Crippen LogP contribution in [0, 0.1) is 0 Å². The first-order valence-corrected chi connectivity index (χ1v) is 9.69. The summed E-state index contributed by atoms with van der Waals surface area (Å²) >= 11 is 0. The molecular formula is C22H23N3O4. The molecule has 2 atom stereocenters. The van der Waals surface area contributed by atoms with Gasteiger partial charge in [0, 0.05) is 18.7 Å². The van der Waals surface area contributed by atoms with E-state index < -0.39 is 24.1 Å². The number of fused-ring (bicyclic) bond motifs is 3. The first kappa shape index (κ1) is 19.0. The van der Waals surface area contributed by atoms with Gasteiger partial charge in [-0.3, -0.25) is 9.59 Å². The van der Waals surface area contributed by atoms with Gasteiger partial charge in [0.1, 0.15) is 6.04 Å². The number of hydrogen-bond donors (Lipinski definition) is 2. The second-order valence-electron chi connectivity index (χ2n) is 7.41. The standard InChI is InChI=1S/C22H23N3O4/c1-13(29-22(28)23-14-11-12-14)20(26)24-19-17-9-4-3-7-15(17)16-8-5-6-10-18(16)25(2)21(19)27/h3-10,13-14,19H,11-12H2,1-2H3,(H,23,28)(H,24,26)/t13?,19-/m0/s1. The molecule has 1 heterocycles. The summed E-state index contributed by atoms with van der Waals surface area (Å²) in [6.07, 6.45) is 0.211. The van der Waals surface area contributed by atoms with Gasteiger partial charge in [-0.15, -0.1) is 0 Å². The summed E-state index contributed by atoms with van der Waals surface area (Å²) in [5.74, 6) is -0.783. The minimum Gasteiger partial charge on any atom is -0.436 e. The number of alkyl carbamates (subject to hydrolysis) is 1. The molecule has 4 rings (SSSR count). The number of para-hydroxylation sites is 1. The van der Waals surface area contributed by atoms with Crippen molar-refractivity contribution in [3.8, 4) is 11.1 Å². The summed E-state index contributed by atoms with van der Waals surface area (Å²) in [6.45, 7) is 1.49. The lowest BCUT2D eigenvalue weighted by atomic mass is 9.95. The van der Waals surface area contributed by atoms with E-state index in [1.807, 2.05) is 48.5 Å². The zero-order valence-electron chi connectivity index (χ0n) is 16.3. The van der Waals surface area contributed by atoms with E-state index in [-0.39, 0.29) is 11.9 Å². The van der Waals surface area contributed by atoms with Gasteiger partial charge in [-0.2, -0.15) is 0 Å². The Morgan fingerprint density at radius 3 is 2.41 bits per heavy atom. The third-order valence-corrected chi connectivity index (χ3v) is 5.24. The van der Waals surface area contributed by atoms with E-state index in [0.717, 1.165) is 29.7 Å². The maximum atomic E-state index is 13.2. The lowest BCUT2D eigenvalue weighted by Crippen LogP contribution is -2.45. The van der Waals surface area contributed by atoms with Crippen LogP contribution >= 0.6 is 0 Å². The number of anilines is 1. The van der Waals surface area contributed by atoms with Gasteiger partial charge in [0.15, 0.2) is 6.10 Å². The second kappa shape index (κ2) is 7.58. The van der Waals surface area contributed by atoms with Crippen molar-refractivity contribution in [2.45, 2.75) is 38.0 Å². The average molecular weight is 393 g/mol. The molecule has 1 aliphatic heterocycles. The summed E-state index contributed by atoms with van der Waals surface area (Å²) in [5, 5.41) is 5.45. The molecule has 7 heteroatoms. The van der Waals surface area contributed by atoms with E-state index in [4.69, 9.17) is 4.74 Å². The number of ether oxygens (including phenoxy) is 1. The number of rotatable bonds is 4. The maximum Gasteiger partial charge on any atom is 0.408 e. The van der Waals surface area contributed by atoms with Crippen LogP contribution in [0.5, 0.6) is 0 Å². The highest BCUT2D eigenvalue weighted by molar-refractivity contribution is 6.06. The van der Waals surface area contributed by atoms with Gasteiger partial charge in [0.05, 0.1) is 5.69 Å². The highest BCUT2D eigenvalue weighted by Gasteiger charge is 2.34. The minimum atomic E-state index is -1.02. The highest BCUT2D eigenvalue weighted by atomic mass is 16.6. The molecule has 1 unspecified atom stereocenters. The number of likely N-dealkylation sites (N-methyl/N-ethyl adjacent to an activating group) is 1. The molecule has 7 nitrogen and oxygen atoms in total. The van der Waals surface area contributed by atoms with Gasteiger partial charge in [0.25, 0.3) is 11.8 Å². The minimum absolute atomic E-state index is 0.139. The summed E-state index contributed by atoms with van der Waals surface area (Å²) in [6, 6.07) is 14.4. The van der Waals surface area contributed by atoms with Gasteiger partial charge >= 0.3 is 6.09 Å². The Morgan fingerprint density at radius 2 is 1.69 bits per heavy atom. The number of carbonyl (C=O) groups excluding carboxylic acids is 3. The molecule has 3 amide bonds. The van der Waals surface area contributed by atoms with Crippen molar-refractivity contribution < 1.29 is 19.1 Å². The van der Waals surface area contributed by atoms with Crippen LogP contribution in [-0.4, -0.2) is 37.1 Å². The van der Waals surface area contributed by atoms with E-state index >= 15 is 0 Å². The lowest BCUT2D eigenvalue weighted by Gasteiger charge is -2.24. The van der Waals surface area contributed by atoms with E-state index in [2.05, 4.69) is 10.6 Å². The Kier molecular flexibility index (Phi) is 4.96. The molecular weight excluding hydrogens is 370 g/mol. The van der Waals surface area contributed by atoms with Crippen LogP contribution in [0.3, 0.4) is 0 Å². The Hall–Kier alpha value is -3.35. The number of hydrogen-bond acceptors (Lipinski definition) is 4. The summed E-state index contributed by atoms with van der Waals surface area (Å²) in [7, 11) is 1.69. The Morgan fingerprint density at radius 1 is 1.03 bits per heavy atom. The van der Waals surface area contributed by atoms with Crippen molar-refractivity contribution in [2.24, 2.45) is 0 Å². The molecule has 0 saturated heterocycles. The molecule has 0 bridgehead atoms. The van der Waals surface area contributed by atoms with Crippen LogP contribution in [0.2, 0.25) is 0 Å². The molecule has 0 aromatic heterocycles. The van der Waals surface area contributed by atoms with Gasteiger partial charge < -0.3 is 20.3 Å². The quantitative estimate of drug-likeness (QED) is 0.836. The third-order valence-electron chi connectivity index (χ3n) is 5.24. The predicted octanol–water partition coefficient (Wildman–Crippen LogP) is 2.76. The van der Waals surface area contributed by atoms with Crippen molar-refractivity contribution in [3.05, 3.63) is 54.1 Å². The number of amides is 3. The highest BCUT2D eigenvalue weighted by Crippen LogP contribution is 2.39. The molecule has 29 heavy (non-hydrogen) atoms. The lowest BCUT2D eigenvalue weighted by molar-refractivity contribution is -0.132. The number of benzene rings is 2. The van der Waals surface area contributed by atoms with Crippen molar-refractivity contribution in [3.63, 3.8) is 0 Å². The zero-order valence-corrected chi connectivity index (χ0v) is 16.3. The maximum absolute atomic E-state index is 13.2. The molecule has 2 aromatic carbocycles. The Labute approximate surface area is 169 Å². The molecule has 0 spiro atoms. The number of nitrogens with one attached hydrogen (secondary N) is 2. The summed E-state index contributed by atoms with van der Waals surface area (Å²) in [4.78, 5) is 39.3. The van der Waals surface area contributed by atoms with E-state index in [1.165, 1.54) is 6.92 Å². The number of carbonyl (C=O) groups is 3. The molecule has 0 radical (unpaired) electrons. The Balaban J connectivity index is 1.59. The summed E-state index contributed by atoms with van der Waals surface area (Å²) < 4.78 is 5.16. The third kappa shape index (κ3) is 3.81. The fourth-order valence-corrected chi connectivity index (χ4v) is 3.47. The van der Waals surface area contributed by atoms with Crippen molar-refractivity contribution >= 4 is 23.6 Å². The predicted molar refractivity (Wildman–Crippen MR) is 108 cm³/mol. The van der Waals surface area contributed by atoms with Crippen LogP contribution < -0.4 is 15.5 Å².